The first-order valence-electron chi connectivity index (χ1n) is 9.42. The third-order valence-electron chi connectivity index (χ3n) is 5.85. The van der Waals surface area contributed by atoms with Crippen LogP contribution in [0.25, 0.3) is 11.3 Å². The average Bonchev–Trinajstić information content (AvgIpc) is 3.06. The molecule has 156 valence electrons. The molecular weight excluding hydrogens is 390 g/mol. The Hall–Kier alpha value is -2.49. The molecule has 1 aromatic heterocycles. The Bertz CT molecular complexity index is 936. The van der Waals surface area contributed by atoms with Crippen molar-refractivity contribution >= 4 is 5.95 Å². The van der Waals surface area contributed by atoms with Gasteiger partial charge in [-0.25, -0.2) is 9.37 Å². The first-order chi connectivity index (χ1) is 13.7. The van der Waals surface area contributed by atoms with Crippen molar-refractivity contribution in [2.24, 2.45) is 5.92 Å². The zero-order valence-electron chi connectivity index (χ0n) is 16.0. The number of hydrogen-bond acceptors (Lipinski definition) is 6. The van der Waals surface area contributed by atoms with Crippen molar-refractivity contribution < 1.29 is 22.7 Å². The summed E-state index contributed by atoms with van der Waals surface area (Å²) < 4.78 is 52.6. The maximum Gasteiger partial charge on any atom is 0.419 e. The molecule has 0 bridgehead atoms. The van der Waals surface area contributed by atoms with Gasteiger partial charge in [-0.2, -0.15) is 13.2 Å². The van der Waals surface area contributed by atoms with Crippen molar-refractivity contribution in [3.8, 4) is 17.0 Å². The van der Waals surface area contributed by atoms with Gasteiger partial charge in [0.1, 0.15) is 5.69 Å². The van der Waals surface area contributed by atoms with Gasteiger partial charge in [-0.3, -0.25) is 0 Å². The number of aromatic hydroxyl groups is 1. The Morgan fingerprint density at radius 3 is 2.55 bits per heavy atom. The van der Waals surface area contributed by atoms with Crippen molar-refractivity contribution in [3.63, 3.8) is 0 Å². The average molecular weight is 411 g/mol. The van der Waals surface area contributed by atoms with Gasteiger partial charge >= 0.3 is 6.18 Å². The number of anilines is 1. The third-order valence-corrected chi connectivity index (χ3v) is 5.85. The van der Waals surface area contributed by atoms with Gasteiger partial charge in [0, 0.05) is 24.7 Å². The predicted octanol–water partition coefficient (Wildman–Crippen LogP) is 3.24. The molecule has 2 saturated heterocycles. The van der Waals surface area contributed by atoms with Gasteiger partial charge in [0.15, 0.2) is 11.6 Å². The molecule has 0 unspecified atom stereocenters. The van der Waals surface area contributed by atoms with Gasteiger partial charge in [0.2, 0.25) is 5.95 Å². The third kappa shape index (κ3) is 3.50. The lowest BCUT2D eigenvalue weighted by Gasteiger charge is -2.36. The molecule has 0 aliphatic carbocycles. The molecule has 29 heavy (non-hydrogen) atoms. The van der Waals surface area contributed by atoms with Crippen LogP contribution < -0.4 is 4.90 Å². The Labute approximate surface area is 165 Å². The first-order valence-corrected chi connectivity index (χ1v) is 9.42. The quantitative estimate of drug-likeness (QED) is 0.766. The summed E-state index contributed by atoms with van der Waals surface area (Å²) in [6, 6.07) is 1.86. The van der Waals surface area contributed by atoms with E-state index in [4.69, 9.17) is 0 Å². The van der Waals surface area contributed by atoms with Crippen molar-refractivity contribution in [2.45, 2.75) is 32.0 Å². The molecule has 0 radical (unpaired) electrons. The number of alkyl halides is 3. The summed E-state index contributed by atoms with van der Waals surface area (Å²) >= 11 is 0. The van der Waals surface area contributed by atoms with Crippen LogP contribution in [-0.4, -0.2) is 57.9 Å². The minimum Gasteiger partial charge on any atom is -0.504 e. The molecule has 2 atom stereocenters. The Balaban J connectivity index is 1.66. The standard InChI is InChI=1S/C19H21F4N5O/c1-10-16(12-3-4-13(19(21,22)23)15(20)17(12)29)25-26-18(24-10)28-8-6-11-5-7-27(2)9-14(11)28/h3-4,11,14,29H,5-9H2,1-2H3/t11-,14-/m0/s1. The highest BCUT2D eigenvalue weighted by Crippen LogP contribution is 2.40. The fraction of sp³-hybridized carbons (Fsp3) is 0.526. The first kappa shape index (κ1) is 19.8. The number of likely N-dealkylation sites (N-methyl/N-ethyl adjacent to an activating group) is 1. The van der Waals surface area contributed by atoms with Gasteiger partial charge < -0.3 is 14.9 Å². The molecule has 1 N–H and O–H groups in total. The van der Waals surface area contributed by atoms with E-state index >= 15 is 0 Å². The van der Waals surface area contributed by atoms with E-state index in [1.165, 1.54) is 0 Å². The smallest absolute Gasteiger partial charge is 0.419 e. The van der Waals surface area contributed by atoms with Crippen LogP contribution in [0.4, 0.5) is 23.5 Å². The van der Waals surface area contributed by atoms with Crippen LogP contribution in [0.5, 0.6) is 5.75 Å². The number of aromatic nitrogens is 3. The number of piperidine rings is 1. The summed E-state index contributed by atoms with van der Waals surface area (Å²) in [5.41, 5.74) is -1.29. The lowest BCUT2D eigenvalue weighted by atomic mass is 9.92. The van der Waals surface area contributed by atoms with Gasteiger partial charge in [-0.1, -0.05) is 0 Å². The van der Waals surface area contributed by atoms with Crippen LogP contribution in [0.3, 0.4) is 0 Å². The van der Waals surface area contributed by atoms with E-state index in [2.05, 4.69) is 32.0 Å². The molecule has 0 spiro atoms. The van der Waals surface area contributed by atoms with E-state index in [0.717, 1.165) is 38.5 Å². The number of aryl methyl sites for hydroxylation is 1. The van der Waals surface area contributed by atoms with E-state index in [9.17, 15) is 22.7 Å². The largest absolute Gasteiger partial charge is 0.504 e. The topological polar surface area (TPSA) is 65.4 Å². The second kappa shape index (κ2) is 7.08. The van der Waals surface area contributed by atoms with Gasteiger partial charge in [-0.05, 0) is 51.4 Å². The zero-order chi connectivity index (χ0) is 20.9. The molecule has 3 heterocycles. The number of rotatable bonds is 2. The second-order valence-corrected chi connectivity index (χ2v) is 7.73. The van der Waals surface area contributed by atoms with E-state index in [-0.39, 0.29) is 17.3 Å². The number of hydrogen-bond donors (Lipinski definition) is 1. The number of nitrogens with zero attached hydrogens (tertiary/aromatic N) is 5. The number of likely N-dealkylation sites (tertiary alicyclic amines) is 1. The van der Waals surface area contributed by atoms with Crippen LogP contribution in [0.1, 0.15) is 24.1 Å². The van der Waals surface area contributed by atoms with Crippen LogP contribution in [-0.2, 0) is 6.18 Å². The molecule has 1 aromatic carbocycles. The molecule has 2 aromatic rings. The number of phenols is 1. The van der Waals surface area contributed by atoms with Crippen molar-refractivity contribution in [2.75, 3.05) is 31.6 Å². The maximum atomic E-state index is 14.1. The van der Waals surface area contributed by atoms with Crippen LogP contribution in [0.15, 0.2) is 12.1 Å². The zero-order valence-corrected chi connectivity index (χ0v) is 16.0. The van der Waals surface area contributed by atoms with E-state index in [1.807, 2.05) is 0 Å². The molecule has 4 rings (SSSR count). The van der Waals surface area contributed by atoms with Gasteiger partial charge in [0.05, 0.1) is 11.3 Å². The Morgan fingerprint density at radius 2 is 1.86 bits per heavy atom. The Kier molecular flexibility index (Phi) is 4.84. The lowest BCUT2D eigenvalue weighted by Crippen LogP contribution is -2.47. The number of halogens is 4. The van der Waals surface area contributed by atoms with E-state index < -0.39 is 23.3 Å². The summed E-state index contributed by atoms with van der Waals surface area (Å²) in [7, 11) is 2.07. The minimum atomic E-state index is -4.90. The molecule has 2 fully saturated rings. The summed E-state index contributed by atoms with van der Waals surface area (Å²) in [6.45, 7) is 4.39. The predicted molar refractivity (Wildman–Crippen MR) is 98.0 cm³/mol. The van der Waals surface area contributed by atoms with Crippen molar-refractivity contribution in [1.82, 2.24) is 20.1 Å². The molecule has 2 aliphatic rings. The van der Waals surface area contributed by atoms with Crippen LogP contribution in [0.2, 0.25) is 0 Å². The number of fused-ring (bicyclic) bond motifs is 1. The fourth-order valence-electron chi connectivity index (χ4n) is 4.28. The van der Waals surface area contributed by atoms with E-state index in [0.29, 0.717) is 23.6 Å². The highest BCUT2D eigenvalue weighted by molar-refractivity contribution is 5.69. The van der Waals surface area contributed by atoms with Gasteiger partial charge in [-0.15, -0.1) is 10.2 Å². The normalized spacial score (nSPS) is 22.8. The summed E-state index contributed by atoms with van der Waals surface area (Å²) in [5, 5.41) is 18.2. The lowest BCUT2D eigenvalue weighted by molar-refractivity contribution is -0.140. The molecule has 2 aliphatic heterocycles. The molecule has 0 amide bonds. The second-order valence-electron chi connectivity index (χ2n) is 7.73. The molecule has 10 heteroatoms. The SMILES string of the molecule is Cc1nc(N2CC[C@@H]3CCN(C)C[C@@H]32)nnc1-c1ccc(C(F)(F)F)c(F)c1O. The van der Waals surface area contributed by atoms with Gasteiger partial charge in [0.25, 0.3) is 0 Å². The molecule has 0 saturated carbocycles. The van der Waals surface area contributed by atoms with Crippen LogP contribution in [0, 0.1) is 18.7 Å². The number of benzene rings is 1. The van der Waals surface area contributed by atoms with Crippen LogP contribution >= 0.6 is 0 Å². The maximum absolute atomic E-state index is 14.1. The monoisotopic (exact) mass is 411 g/mol. The van der Waals surface area contributed by atoms with Crippen molar-refractivity contribution in [3.05, 3.63) is 29.2 Å². The summed E-state index contributed by atoms with van der Waals surface area (Å²) in [6.07, 6.45) is -2.74. The minimum absolute atomic E-state index is 0.0513. The molecular formula is C19H21F4N5O. The highest BCUT2D eigenvalue weighted by atomic mass is 19.4. The van der Waals surface area contributed by atoms with Crippen molar-refractivity contribution in [1.29, 1.82) is 0 Å². The van der Waals surface area contributed by atoms with E-state index in [1.54, 1.807) is 6.92 Å². The Morgan fingerprint density at radius 1 is 1.14 bits per heavy atom. The summed E-state index contributed by atoms with van der Waals surface area (Å²) in [4.78, 5) is 8.84. The molecule has 6 nitrogen and oxygen atoms in total. The number of phenolic OH excluding ortho intramolecular Hbond substituents is 1. The highest BCUT2D eigenvalue weighted by Gasteiger charge is 2.39. The fourth-order valence-corrected chi connectivity index (χ4v) is 4.28. The summed E-state index contributed by atoms with van der Waals surface area (Å²) in [5.74, 6) is -1.82.